The van der Waals surface area contributed by atoms with Crippen LogP contribution >= 0.6 is 0 Å². The lowest BCUT2D eigenvalue weighted by Gasteiger charge is -2.61. The number of rotatable bonds is 1. The number of hydrogen-bond acceptors (Lipinski definition) is 5. The molecule has 1 aromatic rings. The van der Waals surface area contributed by atoms with Gasteiger partial charge in [-0.25, -0.2) is 0 Å². The second-order valence-corrected chi connectivity index (χ2v) is 8.14. The molecule has 6 rings (SSSR count). The fraction of sp³-hybridized carbons (Fsp3) is 0.450. The van der Waals surface area contributed by atoms with Crippen molar-refractivity contribution in [3.05, 3.63) is 41.0 Å². The van der Waals surface area contributed by atoms with Crippen molar-refractivity contribution < 1.29 is 24.2 Å². The van der Waals surface area contributed by atoms with E-state index in [-0.39, 0.29) is 45.9 Å². The Morgan fingerprint density at radius 3 is 2.72 bits per heavy atom. The van der Waals surface area contributed by atoms with Gasteiger partial charge >= 0.3 is 0 Å². The van der Waals surface area contributed by atoms with Crippen molar-refractivity contribution in [3.63, 3.8) is 0 Å². The van der Waals surface area contributed by atoms with Crippen LogP contribution in [0.25, 0.3) is 0 Å². The van der Waals surface area contributed by atoms with Gasteiger partial charge in [0.15, 0.2) is 11.4 Å². The summed E-state index contributed by atoms with van der Waals surface area (Å²) in [5.74, 6) is -0.813. The van der Waals surface area contributed by atoms with Crippen LogP contribution in [0.2, 0.25) is 0 Å². The quantitative estimate of drug-likeness (QED) is 0.796. The summed E-state index contributed by atoms with van der Waals surface area (Å²) in [5, 5.41) is 9.73. The number of phenols is 1. The van der Waals surface area contributed by atoms with Crippen LogP contribution in [0.4, 0.5) is 0 Å². The molecule has 1 saturated carbocycles. The zero-order valence-corrected chi connectivity index (χ0v) is 14.0. The first-order chi connectivity index (χ1) is 11.8. The van der Waals surface area contributed by atoms with Crippen LogP contribution in [-0.4, -0.2) is 34.2 Å². The van der Waals surface area contributed by atoms with E-state index >= 15 is 0 Å². The van der Waals surface area contributed by atoms with Crippen LogP contribution < -0.4 is 0 Å². The molecule has 25 heavy (non-hydrogen) atoms. The Morgan fingerprint density at radius 2 is 2.00 bits per heavy atom. The second-order valence-electron chi connectivity index (χ2n) is 8.14. The molecule has 5 heteroatoms. The minimum Gasteiger partial charge on any atom is -0.508 e. The highest BCUT2D eigenvalue weighted by Gasteiger charge is 2.76. The molecule has 3 aliphatic carbocycles. The number of ether oxygens (including phenoxy) is 1. The Bertz CT molecular complexity index is 915. The van der Waals surface area contributed by atoms with Crippen LogP contribution in [0.15, 0.2) is 29.8 Å². The predicted octanol–water partition coefficient (Wildman–Crippen LogP) is 2.47. The molecule has 2 fully saturated rings. The molecule has 0 aromatic heterocycles. The van der Waals surface area contributed by atoms with Gasteiger partial charge in [-0.15, -0.1) is 0 Å². The van der Waals surface area contributed by atoms with Gasteiger partial charge in [-0.05, 0) is 50.8 Å². The smallest absolute Gasteiger partial charge is 0.201 e. The largest absolute Gasteiger partial charge is 0.508 e. The first-order valence-electron chi connectivity index (χ1n) is 8.60. The van der Waals surface area contributed by atoms with Crippen molar-refractivity contribution in [2.75, 3.05) is 0 Å². The average Bonchev–Trinajstić information content (AvgIpc) is 2.89. The molecule has 1 spiro atoms. The topological polar surface area (TPSA) is 80.7 Å². The van der Waals surface area contributed by atoms with Gasteiger partial charge in [0.25, 0.3) is 0 Å². The highest BCUT2D eigenvalue weighted by atomic mass is 16.5. The summed E-state index contributed by atoms with van der Waals surface area (Å²) in [4.78, 5) is 38.9. The van der Waals surface area contributed by atoms with E-state index in [1.807, 2.05) is 13.0 Å². The highest BCUT2D eigenvalue weighted by molar-refractivity contribution is 6.28. The lowest BCUT2D eigenvalue weighted by Crippen LogP contribution is -2.72. The number of carbonyl (C=O) groups excluding carboxylic acids is 3. The molecule has 128 valence electrons. The van der Waals surface area contributed by atoms with Crippen molar-refractivity contribution in [3.8, 4) is 5.75 Å². The Hall–Kier alpha value is -2.27. The number of fused-ring (bicyclic) bond motifs is 1. The average molecular weight is 338 g/mol. The van der Waals surface area contributed by atoms with Gasteiger partial charge in [-0.2, -0.15) is 0 Å². The molecule has 1 N–H and O–H groups in total. The summed E-state index contributed by atoms with van der Waals surface area (Å²) < 4.78 is 6.40. The fourth-order valence-electron chi connectivity index (χ4n) is 5.73. The zero-order chi connectivity index (χ0) is 17.8. The maximum Gasteiger partial charge on any atom is 0.201 e. The summed E-state index contributed by atoms with van der Waals surface area (Å²) in [5.41, 5.74) is -2.48. The molecule has 4 bridgehead atoms. The van der Waals surface area contributed by atoms with Crippen LogP contribution in [-0.2, 0) is 9.53 Å². The van der Waals surface area contributed by atoms with Gasteiger partial charge in [0.1, 0.15) is 12.0 Å². The van der Waals surface area contributed by atoms with E-state index < -0.39 is 16.6 Å². The van der Waals surface area contributed by atoms with E-state index in [4.69, 9.17) is 4.74 Å². The monoisotopic (exact) mass is 338 g/mol. The van der Waals surface area contributed by atoms with Crippen molar-refractivity contribution in [1.29, 1.82) is 0 Å². The summed E-state index contributed by atoms with van der Waals surface area (Å²) in [6.45, 7) is 3.73. The number of Topliss-reactive ketones (excluding diaryl/α,β-unsaturated/α-hetero) is 2. The third-order valence-electron chi connectivity index (χ3n) is 7.03. The Labute approximate surface area is 144 Å². The molecule has 0 radical (unpaired) electrons. The predicted molar refractivity (Wildman–Crippen MR) is 87.5 cm³/mol. The van der Waals surface area contributed by atoms with E-state index in [0.717, 1.165) is 19.1 Å². The third-order valence-corrected chi connectivity index (χ3v) is 7.03. The fourth-order valence-corrected chi connectivity index (χ4v) is 5.73. The molecule has 0 amide bonds. The lowest BCUT2D eigenvalue weighted by molar-refractivity contribution is -0.219. The molecule has 2 heterocycles. The maximum atomic E-state index is 13.6. The van der Waals surface area contributed by atoms with Crippen molar-refractivity contribution in [1.82, 2.24) is 0 Å². The van der Waals surface area contributed by atoms with E-state index in [9.17, 15) is 19.5 Å². The first kappa shape index (κ1) is 15.0. The molecule has 2 aliphatic heterocycles. The van der Waals surface area contributed by atoms with Crippen LogP contribution in [0.1, 0.15) is 47.4 Å². The number of benzene rings is 1. The van der Waals surface area contributed by atoms with Gasteiger partial charge in [0.05, 0.1) is 11.0 Å². The normalized spacial score (nSPS) is 43.5. The number of carbonyl (C=O) groups is 3. The minimum absolute atomic E-state index is 0.0112. The summed E-state index contributed by atoms with van der Waals surface area (Å²) >= 11 is 0. The van der Waals surface area contributed by atoms with E-state index in [1.54, 1.807) is 6.92 Å². The van der Waals surface area contributed by atoms with Gasteiger partial charge < -0.3 is 14.6 Å². The minimum atomic E-state index is -1.56. The molecule has 5 atom stereocenters. The van der Waals surface area contributed by atoms with Gasteiger partial charge in [-0.3, -0.25) is 9.59 Å². The maximum absolute atomic E-state index is 13.6. The molecule has 5 aliphatic rings. The SMILES string of the molecule is C[C@]1(C=O)[C@H]2CC[C@]3(C)O[C@@]14C(=O)c1ccc(O)cc1C(=O)C4=C[C@@H]23. The summed E-state index contributed by atoms with van der Waals surface area (Å²) in [7, 11) is 0. The lowest BCUT2D eigenvalue weighted by atomic mass is 9.49. The molecule has 1 saturated heterocycles. The summed E-state index contributed by atoms with van der Waals surface area (Å²) in [6, 6.07) is 4.16. The highest BCUT2D eigenvalue weighted by Crippen LogP contribution is 2.68. The van der Waals surface area contributed by atoms with Gasteiger partial charge in [0, 0.05) is 22.6 Å². The molecule has 5 nitrogen and oxygen atoms in total. The standard InChI is InChI=1S/C20H18O5/c1-18(9-21)13-5-6-19(2)14(13)8-15-16(23)12-7-10(22)3-4-11(12)17(24)20(15,18)25-19/h3-4,7-9,13-14,22H,5-6H2,1-2H3/t13-,14-,18-,19-,20-/m0/s1. The van der Waals surface area contributed by atoms with E-state index in [0.29, 0.717) is 0 Å². The molecular formula is C20H18O5. The van der Waals surface area contributed by atoms with Crippen LogP contribution in [0.3, 0.4) is 0 Å². The van der Waals surface area contributed by atoms with Gasteiger partial charge in [-0.1, -0.05) is 6.08 Å². The number of aromatic hydroxyl groups is 1. The Kier molecular flexibility index (Phi) is 2.46. The number of ketones is 2. The zero-order valence-electron chi connectivity index (χ0n) is 14.0. The third kappa shape index (κ3) is 1.36. The molecule has 0 unspecified atom stereocenters. The molecule has 1 aromatic carbocycles. The number of aldehydes is 1. The Morgan fingerprint density at radius 1 is 1.24 bits per heavy atom. The van der Waals surface area contributed by atoms with Crippen molar-refractivity contribution in [2.45, 2.75) is 37.9 Å². The number of phenolic OH excluding ortho intramolecular Hbond substituents is 1. The second kappa shape index (κ2) is 4.10. The van der Waals surface area contributed by atoms with Crippen LogP contribution in [0, 0.1) is 17.3 Å². The van der Waals surface area contributed by atoms with E-state index in [2.05, 4.69) is 0 Å². The van der Waals surface area contributed by atoms with Crippen molar-refractivity contribution in [2.24, 2.45) is 17.3 Å². The molecular weight excluding hydrogens is 320 g/mol. The van der Waals surface area contributed by atoms with Crippen LogP contribution in [0.5, 0.6) is 5.75 Å². The number of hydrogen-bond donors (Lipinski definition) is 1. The first-order valence-corrected chi connectivity index (χ1v) is 8.60. The summed E-state index contributed by atoms with van der Waals surface area (Å²) in [6.07, 6.45) is 4.26. The Balaban J connectivity index is 1.87. The van der Waals surface area contributed by atoms with E-state index in [1.165, 1.54) is 18.2 Å². The van der Waals surface area contributed by atoms with Crippen molar-refractivity contribution >= 4 is 17.9 Å². The van der Waals surface area contributed by atoms with Gasteiger partial charge in [0.2, 0.25) is 5.78 Å².